The quantitative estimate of drug-likeness (QED) is 0.301. The molecule has 5 atom stereocenters. The predicted molar refractivity (Wildman–Crippen MR) is 116 cm³/mol. The van der Waals surface area contributed by atoms with Gasteiger partial charge >= 0.3 is 5.97 Å². The second-order valence-electron chi connectivity index (χ2n) is 8.34. The van der Waals surface area contributed by atoms with Gasteiger partial charge in [-0.2, -0.15) is 0 Å². The van der Waals surface area contributed by atoms with E-state index in [2.05, 4.69) is 13.5 Å². The van der Waals surface area contributed by atoms with E-state index in [1.54, 1.807) is 29.7 Å². The molecule has 3 heterocycles. The van der Waals surface area contributed by atoms with Gasteiger partial charge in [0.15, 0.2) is 0 Å². The average molecular weight is 439 g/mol. The van der Waals surface area contributed by atoms with Crippen molar-refractivity contribution in [2.45, 2.75) is 62.0 Å². The number of unbranched alkanes of at least 4 members (excludes halogenated alkanes) is 2. The minimum Gasteiger partial charge on any atom is -0.466 e. The second kappa shape index (κ2) is 9.73. The van der Waals surface area contributed by atoms with Crippen LogP contribution >= 0.6 is 11.8 Å². The molecular formula is C22H34N2O5S. The zero-order valence-electron chi connectivity index (χ0n) is 18.0. The van der Waals surface area contributed by atoms with Crippen LogP contribution in [0, 0.1) is 11.8 Å². The lowest BCUT2D eigenvalue weighted by Crippen LogP contribution is -2.55. The van der Waals surface area contributed by atoms with Gasteiger partial charge in [0.1, 0.15) is 6.04 Å². The number of esters is 1. The number of likely N-dealkylation sites (tertiary alicyclic amines) is 1. The summed E-state index contributed by atoms with van der Waals surface area (Å²) in [4.78, 5) is 43.2. The molecule has 0 aromatic carbocycles. The van der Waals surface area contributed by atoms with Gasteiger partial charge in [-0.25, -0.2) is 0 Å². The number of hydrogen-bond donors (Lipinski definition) is 1. The third-order valence-corrected chi connectivity index (χ3v) is 8.58. The van der Waals surface area contributed by atoms with E-state index in [-0.39, 0.29) is 42.8 Å². The number of thioether (sulfide) groups is 1. The summed E-state index contributed by atoms with van der Waals surface area (Å²) in [7, 11) is 0. The molecule has 3 rings (SSSR count). The smallest absolute Gasteiger partial charge is 0.310 e. The van der Waals surface area contributed by atoms with Gasteiger partial charge < -0.3 is 19.6 Å². The number of nitrogens with zero attached hydrogens (tertiary/aromatic N) is 2. The van der Waals surface area contributed by atoms with Crippen LogP contribution in [0.15, 0.2) is 12.7 Å². The number of aliphatic hydroxyl groups is 1. The van der Waals surface area contributed by atoms with Crippen molar-refractivity contribution < 1.29 is 24.2 Å². The molecule has 168 valence electrons. The van der Waals surface area contributed by atoms with Crippen LogP contribution in [0.3, 0.4) is 0 Å². The first kappa shape index (κ1) is 23.1. The average Bonchev–Trinajstić information content (AvgIpc) is 3.35. The number of amides is 2. The van der Waals surface area contributed by atoms with Crippen LogP contribution in [-0.2, 0) is 19.1 Å². The Morgan fingerprint density at radius 2 is 2.17 bits per heavy atom. The fraction of sp³-hybridized carbons (Fsp3) is 0.773. The highest BCUT2D eigenvalue weighted by Gasteiger charge is 2.74. The summed E-state index contributed by atoms with van der Waals surface area (Å²) in [6, 6.07) is -0.654. The number of ether oxygens (including phenoxy) is 1. The minimum absolute atomic E-state index is 0.0116. The first-order chi connectivity index (χ1) is 14.5. The predicted octanol–water partition coefficient (Wildman–Crippen LogP) is 1.84. The Hall–Kier alpha value is -1.54. The van der Waals surface area contributed by atoms with E-state index in [1.165, 1.54) is 4.90 Å². The molecule has 2 amide bonds. The Morgan fingerprint density at radius 3 is 2.80 bits per heavy atom. The zero-order valence-corrected chi connectivity index (χ0v) is 18.9. The molecule has 7 nitrogen and oxygen atoms in total. The zero-order chi connectivity index (χ0) is 21.9. The third kappa shape index (κ3) is 3.77. The number of hydrogen-bond acceptors (Lipinski definition) is 6. The molecule has 2 unspecified atom stereocenters. The molecule has 0 radical (unpaired) electrons. The molecule has 1 N–H and O–H groups in total. The van der Waals surface area contributed by atoms with Gasteiger partial charge in [-0.15, -0.1) is 18.3 Å². The lowest BCUT2D eigenvalue weighted by atomic mass is 9.71. The molecule has 3 aliphatic rings. The fourth-order valence-corrected chi connectivity index (χ4v) is 7.66. The maximum absolute atomic E-state index is 13.8. The summed E-state index contributed by atoms with van der Waals surface area (Å²) in [5, 5.41) is 9.63. The third-order valence-electron chi connectivity index (χ3n) is 6.63. The summed E-state index contributed by atoms with van der Waals surface area (Å²) in [5.41, 5.74) is 0. The van der Waals surface area contributed by atoms with Crippen LogP contribution in [0.5, 0.6) is 0 Å². The Kier molecular flexibility index (Phi) is 7.50. The Bertz CT molecular complexity index is 686. The maximum Gasteiger partial charge on any atom is 0.310 e. The van der Waals surface area contributed by atoms with Gasteiger partial charge in [0, 0.05) is 24.9 Å². The molecule has 3 saturated heterocycles. The van der Waals surface area contributed by atoms with Crippen molar-refractivity contribution in [3.63, 3.8) is 0 Å². The topological polar surface area (TPSA) is 87.2 Å². The molecule has 0 aromatic heterocycles. The van der Waals surface area contributed by atoms with E-state index >= 15 is 0 Å². The molecular weight excluding hydrogens is 404 g/mol. The van der Waals surface area contributed by atoms with Crippen molar-refractivity contribution in [3.05, 3.63) is 12.7 Å². The maximum atomic E-state index is 13.8. The van der Waals surface area contributed by atoms with Crippen LogP contribution in [0.25, 0.3) is 0 Å². The molecule has 1 spiro atoms. The number of carbonyl (C=O) groups excluding carboxylic acids is 3. The Balaban J connectivity index is 1.94. The summed E-state index contributed by atoms with van der Waals surface area (Å²) in [6.45, 7) is 8.88. The van der Waals surface area contributed by atoms with Crippen molar-refractivity contribution >= 4 is 29.5 Å². The van der Waals surface area contributed by atoms with Gasteiger partial charge in [0.2, 0.25) is 11.8 Å². The molecule has 0 aliphatic carbocycles. The molecule has 8 heteroatoms. The van der Waals surface area contributed by atoms with Crippen LogP contribution < -0.4 is 0 Å². The Labute approximate surface area is 183 Å². The molecule has 3 aliphatic heterocycles. The summed E-state index contributed by atoms with van der Waals surface area (Å²) in [6.07, 6.45) is 6.22. The fourth-order valence-electron chi connectivity index (χ4n) is 5.46. The van der Waals surface area contributed by atoms with Gasteiger partial charge in [0.25, 0.3) is 0 Å². The second-order valence-corrected chi connectivity index (χ2v) is 9.94. The molecule has 0 saturated carbocycles. The van der Waals surface area contributed by atoms with Gasteiger partial charge in [-0.3, -0.25) is 14.4 Å². The summed E-state index contributed by atoms with van der Waals surface area (Å²) in [5.74, 6) is -1.68. The van der Waals surface area contributed by atoms with E-state index in [0.29, 0.717) is 13.1 Å². The molecule has 30 heavy (non-hydrogen) atoms. The van der Waals surface area contributed by atoms with Crippen molar-refractivity contribution in [2.75, 3.05) is 32.8 Å². The number of carbonyl (C=O) groups is 3. The van der Waals surface area contributed by atoms with Gasteiger partial charge in [0.05, 0.1) is 29.8 Å². The molecule has 2 bridgehead atoms. The van der Waals surface area contributed by atoms with E-state index in [0.717, 1.165) is 32.1 Å². The Morgan fingerprint density at radius 1 is 1.40 bits per heavy atom. The normalized spacial score (nSPS) is 31.7. The molecule has 3 fully saturated rings. The van der Waals surface area contributed by atoms with Crippen LogP contribution in [0.1, 0.15) is 46.0 Å². The standard InChI is InChI=1S/C22H34N2O5S/c1-4-7-8-12-23(11-5-2)20(27)18-22-10-9-15(30-22)16(21(28)29-6-3)17(22)19(26)24(18)13-14-25/h5,15-18,25H,2,4,6-14H2,1,3H3/t15-,16+,17+,18?,22?/m1/s1. The van der Waals surface area contributed by atoms with E-state index < -0.39 is 22.6 Å². The van der Waals surface area contributed by atoms with Crippen molar-refractivity contribution in [2.24, 2.45) is 11.8 Å². The van der Waals surface area contributed by atoms with Crippen LogP contribution in [0.2, 0.25) is 0 Å². The van der Waals surface area contributed by atoms with E-state index in [4.69, 9.17) is 4.74 Å². The van der Waals surface area contributed by atoms with Crippen molar-refractivity contribution in [1.29, 1.82) is 0 Å². The SMILES string of the molecule is C=CCN(CCCCC)C(=O)C1N(CCO)C(=O)[C@@H]2[C@@H](C(=O)OCC)[C@H]3CCC12S3. The number of fused-ring (bicyclic) bond motifs is 1. The van der Waals surface area contributed by atoms with Crippen molar-refractivity contribution in [1.82, 2.24) is 9.80 Å². The lowest BCUT2D eigenvalue weighted by Gasteiger charge is -2.37. The largest absolute Gasteiger partial charge is 0.466 e. The molecule has 0 aromatic rings. The number of rotatable bonds is 11. The first-order valence-corrected chi connectivity index (χ1v) is 12.0. The van der Waals surface area contributed by atoms with Gasteiger partial charge in [-0.05, 0) is 26.2 Å². The highest BCUT2D eigenvalue weighted by atomic mass is 32.2. The van der Waals surface area contributed by atoms with Crippen LogP contribution in [-0.4, -0.2) is 81.6 Å². The van der Waals surface area contributed by atoms with E-state index in [1.807, 2.05) is 0 Å². The first-order valence-electron chi connectivity index (χ1n) is 11.1. The number of β-amino-alcohol motifs (C(OH)–C–C–N with tert-alkyl or cyclic N) is 1. The van der Waals surface area contributed by atoms with E-state index in [9.17, 15) is 19.5 Å². The monoisotopic (exact) mass is 438 g/mol. The van der Waals surface area contributed by atoms with Crippen LogP contribution in [0.4, 0.5) is 0 Å². The lowest BCUT2D eigenvalue weighted by molar-refractivity contribution is -0.153. The minimum atomic E-state index is -0.654. The van der Waals surface area contributed by atoms with Crippen molar-refractivity contribution in [3.8, 4) is 0 Å². The number of aliphatic hydroxyl groups excluding tert-OH is 1. The summed E-state index contributed by atoms with van der Waals surface area (Å²) < 4.78 is 4.68. The van der Waals surface area contributed by atoms with Gasteiger partial charge in [-0.1, -0.05) is 25.8 Å². The highest BCUT2D eigenvalue weighted by Crippen LogP contribution is 2.66. The summed E-state index contributed by atoms with van der Waals surface area (Å²) >= 11 is 1.63. The highest BCUT2D eigenvalue weighted by molar-refractivity contribution is 8.02.